The molecule has 1 rings (SSSR count). The van der Waals surface area contributed by atoms with Gasteiger partial charge in [0.2, 0.25) is 6.23 Å². The van der Waals surface area contributed by atoms with Crippen molar-refractivity contribution < 1.29 is 19.0 Å². The van der Waals surface area contributed by atoms with Crippen molar-refractivity contribution in [2.45, 2.75) is 13.2 Å². The fraction of sp³-hybridized carbons (Fsp3) is 0.385. The van der Waals surface area contributed by atoms with E-state index in [1.54, 1.807) is 19.1 Å². The van der Waals surface area contributed by atoms with E-state index in [9.17, 15) is 4.79 Å². The first-order valence-electron chi connectivity index (χ1n) is 5.70. The number of nitrogens with zero attached hydrogens (tertiary/aromatic N) is 1. The van der Waals surface area contributed by atoms with Gasteiger partial charge < -0.3 is 19.5 Å². The molecule has 0 aliphatic carbocycles. The average molecular weight is 264 g/mol. The van der Waals surface area contributed by atoms with Crippen LogP contribution < -0.4 is 14.8 Å². The predicted octanol–water partition coefficient (Wildman–Crippen LogP) is 1.32. The molecule has 0 aliphatic heterocycles. The Kier molecular flexibility index (Phi) is 5.64. The van der Waals surface area contributed by atoms with E-state index in [-0.39, 0.29) is 0 Å². The monoisotopic (exact) mass is 264 g/mol. The van der Waals surface area contributed by atoms with Gasteiger partial charge in [-0.2, -0.15) is 5.26 Å². The molecule has 0 saturated heterocycles. The van der Waals surface area contributed by atoms with Gasteiger partial charge in [-0.25, -0.2) is 0 Å². The molecule has 0 bridgehead atoms. The Bertz CT molecular complexity index is 482. The van der Waals surface area contributed by atoms with Crippen LogP contribution in [0.1, 0.15) is 17.3 Å². The van der Waals surface area contributed by atoms with Crippen LogP contribution in [0.3, 0.4) is 0 Å². The maximum atomic E-state index is 11.9. The summed E-state index contributed by atoms with van der Waals surface area (Å²) in [5.41, 5.74) is 0.359. The molecule has 0 saturated carbocycles. The Hall–Kier alpha value is -2.26. The van der Waals surface area contributed by atoms with Gasteiger partial charge in [-0.3, -0.25) is 4.79 Å². The highest BCUT2D eigenvalue weighted by Crippen LogP contribution is 2.27. The quantitative estimate of drug-likeness (QED) is 0.784. The second-order valence-corrected chi connectivity index (χ2v) is 3.51. The van der Waals surface area contributed by atoms with Crippen LogP contribution in [0.2, 0.25) is 0 Å². The molecular weight excluding hydrogens is 248 g/mol. The Morgan fingerprint density at radius 3 is 2.58 bits per heavy atom. The van der Waals surface area contributed by atoms with E-state index >= 15 is 0 Å². The number of hydrogen-bond acceptors (Lipinski definition) is 5. The number of nitriles is 1. The number of rotatable bonds is 6. The maximum absolute atomic E-state index is 11.9. The standard InChI is InChI=1S/C13H16N2O4/c1-4-19-12(8-14)15-13(16)9-5-6-10(17-2)11(7-9)18-3/h5-7,12H,4H2,1-3H3,(H,15,16). The van der Waals surface area contributed by atoms with Gasteiger partial charge in [0.05, 0.1) is 14.2 Å². The average Bonchev–Trinajstić information content (AvgIpc) is 2.45. The molecule has 1 unspecified atom stereocenters. The third kappa shape index (κ3) is 3.86. The van der Waals surface area contributed by atoms with Gasteiger partial charge in [-0.05, 0) is 25.1 Å². The lowest BCUT2D eigenvalue weighted by molar-refractivity contribution is 0.0615. The van der Waals surface area contributed by atoms with Crippen molar-refractivity contribution in [3.63, 3.8) is 0 Å². The van der Waals surface area contributed by atoms with Gasteiger partial charge in [0.25, 0.3) is 5.91 Å². The number of carbonyl (C=O) groups is 1. The Balaban J connectivity index is 2.85. The van der Waals surface area contributed by atoms with Crippen LogP contribution in [0, 0.1) is 11.3 Å². The third-order valence-electron chi connectivity index (χ3n) is 2.36. The lowest BCUT2D eigenvalue weighted by Gasteiger charge is -2.13. The predicted molar refractivity (Wildman–Crippen MR) is 68.0 cm³/mol. The number of benzene rings is 1. The summed E-state index contributed by atoms with van der Waals surface area (Å²) in [6.07, 6.45) is -0.967. The molecule has 1 N–H and O–H groups in total. The van der Waals surface area contributed by atoms with Crippen LogP contribution in [0.4, 0.5) is 0 Å². The first-order valence-corrected chi connectivity index (χ1v) is 5.70. The van der Waals surface area contributed by atoms with E-state index in [1.807, 2.05) is 6.07 Å². The molecule has 0 radical (unpaired) electrons. The van der Waals surface area contributed by atoms with Crippen LogP contribution in [0.5, 0.6) is 11.5 Å². The molecule has 102 valence electrons. The highest BCUT2D eigenvalue weighted by molar-refractivity contribution is 5.95. The zero-order chi connectivity index (χ0) is 14.3. The lowest BCUT2D eigenvalue weighted by atomic mass is 10.2. The third-order valence-corrected chi connectivity index (χ3v) is 2.36. The smallest absolute Gasteiger partial charge is 0.254 e. The van der Waals surface area contributed by atoms with E-state index < -0.39 is 12.1 Å². The van der Waals surface area contributed by atoms with Crippen LogP contribution in [-0.2, 0) is 4.74 Å². The van der Waals surface area contributed by atoms with E-state index in [1.165, 1.54) is 20.3 Å². The zero-order valence-electron chi connectivity index (χ0n) is 11.1. The van der Waals surface area contributed by atoms with Crippen LogP contribution in [0.15, 0.2) is 18.2 Å². The first kappa shape index (κ1) is 14.8. The fourth-order valence-electron chi connectivity index (χ4n) is 1.46. The summed E-state index contributed by atoms with van der Waals surface area (Å²) in [4.78, 5) is 11.9. The fourth-order valence-corrected chi connectivity index (χ4v) is 1.46. The molecule has 1 aromatic carbocycles. The van der Waals surface area contributed by atoms with Gasteiger partial charge >= 0.3 is 0 Å². The van der Waals surface area contributed by atoms with Gasteiger partial charge in [0, 0.05) is 12.2 Å². The minimum absolute atomic E-state index is 0.338. The highest BCUT2D eigenvalue weighted by atomic mass is 16.5. The van der Waals surface area contributed by atoms with Crippen molar-refractivity contribution in [3.8, 4) is 17.6 Å². The molecule has 0 heterocycles. The summed E-state index contributed by atoms with van der Waals surface area (Å²) < 4.78 is 15.2. The number of nitrogens with one attached hydrogen (secondary N) is 1. The molecule has 1 atom stereocenters. The summed E-state index contributed by atoms with van der Waals surface area (Å²) in [5.74, 6) is 0.557. The van der Waals surface area contributed by atoms with Gasteiger partial charge in [0.15, 0.2) is 11.5 Å². The Labute approximate surface area is 111 Å². The van der Waals surface area contributed by atoms with Crippen molar-refractivity contribution in [2.24, 2.45) is 0 Å². The van der Waals surface area contributed by atoms with Gasteiger partial charge in [-0.1, -0.05) is 0 Å². The molecule has 0 spiro atoms. The van der Waals surface area contributed by atoms with Crippen molar-refractivity contribution >= 4 is 5.91 Å². The Morgan fingerprint density at radius 1 is 1.37 bits per heavy atom. The van der Waals surface area contributed by atoms with Gasteiger partial charge in [-0.15, -0.1) is 0 Å². The van der Waals surface area contributed by atoms with E-state index in [0.717, 1.165) is 0 Å². The molecule has 19 heavy (non-hydrogen) atoms. The molecule has 6 heteroatoms. The van der Waals surface area contributed by atoms with Crippen LogP contribution in [-0.4, -0.2) is 33.0 Å². The largest absolute Gasteiger partial charge is 0.493 e. The van der Waals surface area contributed by atoms with Crippen LogP contribution >= 0.6 is 0 Å². The molecule has 1 aromatic rings. The summed E-state index contributed by atoms with van der Waals surface area (Å²) in [5, 5.41) is 11.3. The second-order valence-electron chi connectivity index (χ2n) is 3.51. The summed E-state index contributed by atoms with van der Waals surface area (Å²) in [6, 6.07) is 6.58. The number of carbonyl (C=O) groups excluding carboxylic acids is 1. The van der Waals surface area contributed by atoms with E-state index in [2.05, 4.69) is 5.32 Å². The van der Waals surface area contributed by atoms with E-state index in [0.29, 0.717) is 23.7 Å². The molecule has 0 fully saturated rings. The van der Waals surface area contributed by atoms with Gasteiger partial charge in [0.1, 0.15) is 6.07 Å². The Morgan fingerprint density at radius 2 is 2.05 bits per heavy atom. The SMILES string of the molecule is CCOC(C#N)NC(=O)c1ccc(OC)c(OC)c1. The molecule has 0 aromatic heterocycles. The topological polar surface area (TPSA) is 80.6 Å². The molecule has 1 amide bonds. The highest BCUT2D eigenvalue weighted by Gasteiger charge is 2.15. The summed E-state index contributed by atoms with van der Waals surface area (Å²) >= 11 is 0. The maximum Gasteiger partial charge on any atom is 0.254 e. The summed E-state index contributed by atoms with van der Waals surface area (Å²) in [6.45, 7) is 2.08. The first-order chi connectivity index (χ1) is 9.15. The number of amides is 1. The molecular formula is C13H16N2O4. The summed E-state index contributed by atoms with van der Waals surface area (Å²) in [7, 11) is 3.00. The van der Waals surface area contributed by atoms with Crippen LogP contribution in [0.25, 0.3) is 0 Å². The van der Waals surface area contributed by atoms with Crippen molar-refractivity contribution in [3.05, 3.63) is 23.8 Å². The number of methoxy groups -OCH3 is 2. The van der Waals surface area contributed by atoms with E-state index in [4.69, 9.17) is 19.5 Å². The minimum atomic E-state index is -0.967. The minimum Gasteiger partial charge on any atom is -0.493 e. The second kappa shape index (κ2) is 7.24. The molecule has 6 nitrogen and oxygen atoms in total. The van der Waals surface area contributed by atoms with Crippen molar-refractivity contribution in [1.82, 2.24) is 5.32 Å². The number of hydrogen-bond donors (Lipinski definition) is 1. The lowest BCUT2D eigenvalue weighted by Crippen LogP contribution is -2.35. The number of ether oxygens (including phenoxy) is 3. The van der Waals surface area contributed by atoms with Crippen molar-refractivity contribution in [2.75, 3.05) is 20.8 Å². The normalized spacial score (nSPS) is 11.3. The zero-order valence-corrected chi connectivity index (χ0v) is 11.1. The molecule has 0 aliphatic rings. The van der Waals surface area contributed by atoms with Crippen molar-refractivity contribution in [1.29, 1.82) is 5.26 Å².